The number of hydrogen-bond acceptors (Lipinski definition) is 5. The van der Waals surface area contributed by atoms with Crippen molar-refractivity contribution in [1.82, 2.24) is 4.98 Å². The molecule has 1 aromatic rings. The van der Waals surface area contributed by atoms with Gasteiger partial charge in [0.15, 0.2) is 5.13 Å². The van der Waals surface area contributed by atoms with Gasteiger partial charge in [-0.1, -0.05) is 0 Å². The molecule has 0 bridgehead atoms. The average Bonchev–Trinajstić information content (AvgIpc) is 2.60. The van der Waals surface area contributed by atoms with Crippen molar-refractivity contribution in [3.05, 3.63) is 11.1 Å². The molecule has 2 rings (SSSR count). The number of carbonyl (C=O) groups excluding carboxylic acids is 2. The Kier molecular flexibility index (Phi) is 3.12. The normalized spacial score (nSPS) is 17.2. The molecule has 1 saturated heterocycles. The van der Waals surface area contributed by atoms with E-state index in [9.17, 15) is 9.59 Å². The molecular formula is C10H13N3O3S. The summed E-state index contributed by atoms with van der Waals surface area (Å²) in [5.41, 5.74) is 5.17. The zero-order valence-electron chi connectivity index (χ0n) is 9.36. The Labute approximate surface area is 102 Å². The molecule has 0 unspecified atom stereocenters. The van der Waals surface area contributed by atoms with Crippen LogP contribution in [0, 0.1) is 5.41 Å². The van der Waals surface area contributed by atoms with E-state index in [4.69, 9.17) is 10.5 Å². The second-order valence-corrected chi connectivity index (χ2v) is 5.15. The summed E-state index contributed by atoms with van der Waals surface area (Å²) in [6.45, 7) is 2.69. The van der Waals surface area contributed by atoms with Crippen molar-refractivity contribution in [3.63, 3.8) is 0 Å². The van der Waals surface area contributed by atoms with Gasteiger partial charge in [-0.15, -0.1) is 11.3 Å². The largest absolute Gasteiger partial charge is 0.379 e. The number of aromatic nitrogens is 1. The number of anilines is 1. The minimum absolute atomic E-state index is 0.0900. The zero-order valence-corrected chi connectivity index (χ0v) is 10.2. The van der Waals surface area contributed by atoms with E-state index < -0.39 is 11.3 Å². The summed E-state index contributed by atoms with van der Waals surface area (Å²) in [6.07, 6.45) is 0.0900. The number of nitrogens with one attached hydrogen (secondary N) is 1. The third-order valence-corrected chi connectivity index (χ3v) is 3.32. The minimum atomic E-state index is -0.463. The lowest BCUT2D eigenvalue weighted by Crippen LogP contribution is -2.49. The summed E-state index contributed by atoms with van der Waals surface area (Å²) in [5.74, 6) is -0.545. The van der Waals surface area contributed by atoms with E-state index in [1.807, 2.05) is 6.92 Å². The predicted octanol–water partition coefficient (Wildman–Crippen LogP) is 0.146. The molecule has 92 valence electrons. The fourth-order valence-corrected chi connectivity index (χ4v) is 2.12. The summed E-state index contributed by atoms with van der Waals surface area (Å²) in [6, 6.07) is 0. The smallest absolute Gasteiger partial charge is 0.236 e. The van der Waals surface area contributed by atoms with Gasteiger partial charge < -0.3 is 15.8 Å². The van der Waals surface area contributed by atoms with Gasteiger partial charge >= 0.3 is 0 Å². The lowest BCUT2D eigenvalue weighted by molar-refractivity contribution is -0.151. The molecule has 1 fully saturated rings. The number of ether oxygens (including phenoxy) is 1. The quantitative estimate of drug-likeness (QED) is 0.800. The number of rotatable bonds is 4. The van der Waals surface area contributed by atoms with Crippen LogP contribution in [-0.4, -0.2) is 30.0 Å². The van der Waals surface area contributed by atoms with Gasteiger partial charge in [0.25, 0.3) is 0 Å². The molecule has 0 saturated carbocycles. The van der Waals surface area contributed by atoms with E-state index in [-0.39, 0.29) is 12.3 Å². The molecule has 3 N–H and O–H groups in total. The van der Waals surface area contributed by atoms with Crippen LogP contribution < -0.4 is 11.1 Å². The number of nitrogens with zero attached hydrogens (tertiary/aromatic N) is 1. The topological polar surface area (TPSA) is 94.3 Å². The molecule has 0 aromatic carbocycles. The summed E-state index contributed by atoms with van der Waals surface area (Å²) >= 11 is 1.28. The van der Waals surface area contributed by atoms with Crippen molar-refractivity contribution in [2.24, 2.45) is 11.1 Å². The van der Waals surface area contributed by atoms with Gasteiger partial charge in [0.2, 0.25) is 11.8 Å². The van der Waals surface area contributed by atoms with E-state index in [0.717, 1.165) is 0 Å². The molecule has 0 spiro atoms. The first-order valence-electron chi connectivity index (χ1n) is 5.11. The maximum Gasteiger partial charge on any atom is 0.236 e. The molecule has 0 aliphatic carbocycles. The number of amides is 2. The highest BCUT2D eigenvalue weighted by molar-refractivity contribution is 7.13. The van der Waals surface area contributed by atoms with Crippen molar-refractivity contribution < 1.29 is 14.3 Å². The van der Waals surface area contributed by atoms with Crippen LogP contribution in [0.5, 0.6) is 0 Å². The first kappa shape index (κ1) is 12.0. The van der Waals surface area contributed by atoms with Gasteiger partial charge in [0, 0.05) is 5.38 Å². The summed E-state index contributed by atoms with van der Waals surface area (Å²) in [4.78, 5) is 26.6. The van der Waals surface area contributed by atoms with Crippen LogP contribution in [0.4, 0.5) is 5.13 Å². The predicted molar refractivity (Wildman–Crippen MR) is 62.6 cm³/mol. The number of thiazole rings is 1. The van der Waals surface area contributed by atoms with Gasteiger partial charge in [-0.25, -0.2) is 4.98 Å². The molecule has 7 heteroatoms. The third-order valence-electron chi connectivity index (χ3n) is 2.52. The highest BCUT2D eigenvalue weighted by Gasteiger charge is 2.41. The lowest BCUT2D eigenvalue weighted by atomic mass is 9.88. The monoisotopic (exact) mass is 255 g/mol. The van der Waals surface area contributed by atoms with Crippen LogP contribution in [0.25, 0.3) is 0 Å². The van der Waals surface area contributed by atoms with Crippen molar-refractivity contribution in [2.75, 3.05) is 18.5 Å². The fourth-order valence-electron chi connectivity index (χ4n) is 1.41. The van der Waals surface area contributed by atoms with Gasteiger partial charge in [-0.3, -0.25) is 9.59 Å². The van der Waals surface area contributed by atoms with Gasteiger partial charge in [0.1, 0.15) is 0 Å². The van der Waals surface area contributed by atoms with E-state index in [1.165, 1.54) is 11.3 Å². The summed E-state index contributed by atoms with van der Waals surface area (Å²) in [5, 5.41) is 4.91. The van der Waals surface area contributed by atoms with E-state index in [2.05, 4.69) is 10.3 Å². The Hall–Kier alpha value is -1.47. The number of nitrogens with two attached hydrogens (primary N) is 1. The van der Waals surface area contributed by atoms with Crippen LogP contribution >= 0.6 is 11.3 Å². The Morgan fingerprint density at radius 1 is 1.65 bits per heavy atom. The maximum absolute atomic E-state index is 11.8. The fraction of sp³-hybridized carbons (Fsp3) is 0.500. The molecule has 0 radical (unpaired) electrons. The molecule has 6 nitrogen and oxygen atoms in total. The highest BCUT2D eigenvalue weighted by Crippen LogP contribution is 2.28. The van der Waals surface area contributed by atoms with Crippen LogP contribution in [0.2, 0.25) is 0 Å². The number of carbonyl (C=O) groups is 2. The van der Waals surface area contributed by atoms with Gasteiger partial charge in [-0.2, -0.15) is 0 Å². The summed E-state index contributed by atoms with van der Waals surface area (Å²) < 4.78 is 5.02. The summed E-state index contributed by atoms with van der Waals surface area (Å²) in [7, 11) is 0. The Bertz CT molecular complexity index is 453. The molecule has 1 aromatic heterocycles. The second kappa shape index (κ2) is 4.42. The minimum Gasteiger partial charge on any atom is -0.379 e. The van der Waals surface area contributed by atoms with Crippen LogP contribution in [0.15, 0.2) is 5.38 Å². The van der Waals surface area contributed by atoms with E-state index >= 15 is 0 Å². The van der Waals surface area contributed by atoms with Crippen molar-refractivity contribution in [3.8, 4) is 0 Å². The van der Waals surface area contributed by atoms with E-state index in [0.29, 0.717) is 24.0 Å². The van der Waals surface area contributed by atoms with Crippen LogP contribution in [-0.2, 0) is 20.7 Å². The molecule has 17 heavy (non-hydrogen) atoms. The first-order chi connectivity index (χ1) is 7.99. The molecule has 1 aliphatic heterocycles. The maximum atomic E-state index is 11.8. The molecule has 2 amide bonds. The zero-order chi connectivity index (χ0) is 12.5. The number of hydrogen-bond donors (Lipinski definition) is 2. The van der Waals surface area contributed by atoms with E-state index in [1.54, 1.807) is 5.38 Å². The second-order valence-electron chi connectivity index (χ2n) is 4.29. The Morgan fingerprint density at radius 3 is 2.88 bits per heavy atom. The molecule has 2 heterocycles. The van der Waals surface area contributed by atoms with Gasteiger partial charge in [0.05, 0.1) is 30.7 Å². The van der Waals surface area contributed by atoms with Gasteiger partial charge in [-0.05, 0) is 6.92 Å². The Balaban J connectivity index is 1.97. The van der Waals surface area contributed by atoms with Crippen molar-refractivity contribution in [2.45, 2.75) is 13.3 Å². The SMILES string of the molecule is CC1(C(=O)Nc2nc(CC(N)=O)cs2)COC1. The average molecular weight is 255 g/mol. The molecule has 0 atom stereocenters. The first-order valence-corrected chi connectivity index (χ1v) is 5.99. The van der Waals surface area contributed by atoms with Crippen LogP contribution in [0.3, 0.4) is 0 Å². The number of primary amides is 1. The highest BCUT2D eigenvalue weighted by atomic mass is 32.1. The molecular weight excluding hydrogens is 242 g/mol. The standard InChI is InChI=1S/C10H13N3O3S/c1-10(4-16-5-10)8(15)13-9-12-6(3-17-9)2-7(11)14/h3H,2,4-5H2,1H3,(H2,11,14)(H,12,13,15). The third kappa shape index (κ3) is 2.62. The molecule has 1 aliphatic rings. The van der Waals surface area contributed by atoms with Crippen molar-refractivity contribution >= 4 is 28.3 Å². The van der Waals surface area contributed by atoms with Crippen molar-refractivity contribution in [1.29, 1.82) is 0 Å². The lowest BCUT2D eigenvalue weighted by Gasteiger charge is -2.35. The Morgan fingerprint density at radius 2 is 2.35 bits per heavy atom. The van der Waals surface area contributed by atoms with Crippen LogP contribution in [0.1, 0.15) is 12.6 Å².